The first kappa shape index (κ1) is 11.9. The molecular formula is C7H14N2OS2. The van der Waals surface area contributed by atoms with Gasteiger partial charge in [0.05, 0.1) is 5.88 Å². The molecule has 70 valence electrons. The zero-order valence-electron chi connectivity index (χ0n) is 7.28. The van der Waals surface area contributed by atoms with Crippen LogP contribution >= 0.6 is 22.5 Å². The second-order valence-corrected chi connectivity index (χ2v) is 3.80. The van der Waals surface area contributed by atoms with Crippen molar-refractivity contribution in [2.45, 2.75) is 0 Å². The molecule has 0 unspecified atom stereocenters. The van der Waals surface area contributed by atoms with Crippen molar-refractivity contribution in [3.8, 4) is 0 Å². The van der Waals surface area contributed by atoms with Crippen LogP contribution in [0.1, 0.15) is 0 Å². The third-order valence-corrected chi connectivity index (χ3v) is 1.71. The molecule has 0 spiro atoms. The van der Waals surface area contributed by atoms with Crippen molar-refractivity contribution in [3.63, 3.8) is 0 Å². The normalized spacial score (nSPS) is 11.0. The Labute approximate surface area is 82.4 Å². The predicted octanol–water partition coefficient (Wildman–Crippen LogP) is 0.756. The van der Waals surface area contributed by atoms with Gasteiger partial charge in [0, 0.05) is 12.6 Å². The Kier molecular flexibility index (Phi) is 7.43. The molecule has 0 fully saturated rings. The Morgan fingerprint density at radius 1 is 1.67 bits per heavy atom. The molecule has 0 aliphatic heterocycles. The van der Waals surface area contributed by atoms with Crippen LogP contribution in [0, 0.1) is 0 Å². The summed E-state index contributed by atoms with van der Waals surface area (Å²) in [7, 11) is 5.19. The molecule has 0 radical (unpaired) electrons. The molecule has 0 rings (SSSR count). The molecular weight excluding hydrogens is 192 g/mol. The minimum atomic E-state index is -0.0709. The van der Waals surface area contributed by atoms with Gasteiger partial charge in [-0.1, -0.05) is 16.9 Å². The summed E-state index contributed by atoms with van der Waals surface area (Å²) in [6.07, 6.45) is 3.35. The summed E-state index contributed by atoms with van der Waals surface area (Å²) in [5.74, 6) is 0.465. The number of rotatable bonds is 5. The van der Waals surface area contributed by atoms with E-state index in [1.165, 1.54) is 16.9 Å². The lowest BCUT2D eigenvalue weighted by Gasteiger charge is -2.03. The third-order valence-electron chi connectivity index (χ3n) is 1.05. The van der Waals surface area contributed by atoms with Gasteiger partial charge < -0.3 is 10.2 Å². The molecule has 1 amide bonds. The Balaban J connectivity index is 3.47. The molecule has 0 aliphatic carbocycles. The van der Waals surface area contributed by atoms with E-state index < -0.39 is 0 Å². The molecule has 1 N–H and O–H groups in total. The summed E-state index contributed by atoms with van der Waals surface area (Å²) in [4.78, 5) is 12.9. The van der Waals surface area contributed by atoms with E-state index >= 15 is 0 Å². The van der Waals surface area contributed by atoms with Crippen LogP contribution in [0.2, 0.25) is 0 Å². The number of carbonyl (C=O) groups excluding carboxylic acids is 1. The van der Waals surface area contributed by atoms with Gasteiger partial charge >= 0.3 is 0 Å². The van der Waals surface area contributed by atoms with Gasteiger partial charge in [-0.05, 0) is 14.1 Å². The fourth-order valence-electron chi connectivity index (χ4n) is 0.533. The van der Waals surface area contributed by atoms with Crippen molar-refractivity contribution in [3.05, 3.63) is 12.2 Å². The van der Waals surface area contributed by atoms with E-state index in [1.54, 1.807) is 0 Å². The van der Waals surface area contributed by atoms with Crippen molar-refractivity contribution in [2.75, 3.05) is 26.5 Å². The highest BCUT2D eigenvalue weighted by atomic mass is 33.1. The average Bonchev–Trinajstić information content (AvgIpc) is 2.00. The van der Waals surface area contributed by atoms with Gasteiger partial charge in [-0.3, -0.25) is 4.79 Å². The standard InChI is InChI=1S/C7H14N2OS2/c1-9(2)5-3-4-7(10)8-6-12-11/h3-4,11H,5-6H2,1-2H3,(H,8,10)/b4-3+. The number of carbonyl (C=O) groups is 1. The van der Waals surface area contributed by atoms with Crippen molar-refractivity contribution in [2.24, 2.45) is 0 Å². The topological polar surface area (TPSA) is 32.3 Å². The summed E-state index contributed by atoms with van der Waals surface area (Å²) in [6.45, 7) is 0.779. The van der Waals surface area contributed by atoms with E-state index in [1.807, 2.05) is 25.1 Å². The molecule has 12 heavy (non-hydrogen) atoms. The van der Waals surface area contributed by atoms with E-state index in [9.17, 15) is 4.79 Å². The van der Waals surface area contributed by atoms with Gasteiger partial charge in [0.25, 0.3) is 0 Å². The molecule has 0 heterocycles. The van der Waals surface area contributed by atoms with Crippen molar-refractivity contribution < 1.29 is 4.79 Å². The highest BCUT2D eigenvalue weighted by molar-refractivity contribution is 8.68. The molecule has 0 aliphatic rings. The zero-order valence-corrected chi connectivity index (χ0v) is 8.99. The number of nitrogens with zero attached hydrogens (tertiary/aromatic N) is 1. The van der Waals surface area contributed by atoms with Crippen LogP contribution in [0.25, 0.3) is 0 Å². The maximum atomic E-state index is 10.9. The minimum absolute atomic E-state index is 0.0709. The van der Waals surface area contributed by atoms with Crippen LogP contribution in [0.3, 0.4) is 0 Å². The first-order valence-corrected chi connectivity index (χ1v) is 5.56. The van der Waals surface area contributed by atoms with Crippen LogP contribution in [0.5, 0.6) is 0 Å². The SMILES string of the molecule is CN(C)C/C=C/C(=O)NCSS. The smallest absolute Gasteiger partial charge is 0.244 e. The summed E-state index contributed by atoms with van der Waals surface area (Å²) >= 11 is 3.89. The maximum Gasteiger partial charge on any atom is 0.244 e. The van der Waals surface area contributed by atoms with E-state index in [2.05, 4.69) is 17.0 Å². The zero-order chi connectivity index (χ0) is 9.40. The monoisotopic (exact) mass is 206 g/mol. The van der Waals surface area contributed by atoms with Gasteiger partial charge in [-0.15, -0.1) is 11.7 Å². The quantitative estimate of drug-likeness (QED) is 0.301. The largest absolute Gasteiger partial charge is 0.343 e. The van der Waals surface area contributed by atoms with Gasteiger partial charge in [-0.25, -0.2) is 0 Å². The predicted molar refractivity (Wildman–Crippen MR) is 57.3 cm³/mol. The number of hydrogen-bond acceptors (Lipinski definition) is 4. The third kappa shape index (κ3) is 7.97. The van der Waals surface area contributed by atoms with Crippen LogP contribution in [0.15, 0.2) is 12.2 Å². The van der Waals surface area contributed by atoms with E-state index in [-0.39, 0.29) is 5.91 Å². The van der Waals surface area contributed by atoms with Gasteiger partial charge in [0.2, 0.25) is 5.91 Å². The highest BCUT2D eigenvalue weighted by Crippen LogP contribution is 1.99. The first-order chi connectivity index (χ1) is 5.66. The Bertz CT molecular complexity index is 159. The number of hydrogen-bond donors (Lipinski definition) is 2. The van der Waals surface area contributed by atoms with Crippen LogP contribution < -0.4 is 5.32 Å². The molecule has 0 atom stereocenters. The van der Waals surface area contributed by atoms with Gasteiger partial charge in [-0.2, -0.15) is 0 Å². The lowest BCUT2D eigenvalue weighted by molar-refractivity contribution is -0.116. The molecule has 0 saturated carbocycles. The number of likely N-dealkylation sites (N-methyl/N-ethyl adjacent to an activating group) is 1. The lowest BCUT2D eigenvalue weighted by atomic mass is 10.4. The summed E-state index contributed by atoms with van der Waals surface area (Å²) < 4.78 is 0. The van der Waals surface area contributed by atoms with E-state index in [0.717, 1.165) is 6.54 Å². The second-order valence-electron chi connectivity index (χ2n) is 2.48. The maximum absolute atomic E-state index is 10.9. The molecule has 3 nitrogen and oxygen atoms in total. The van der Waals surface area contributed by atoms with Crippen LogP contribution in [-0.4, -0.2) is 37.3 Å². The van der Waals surface area contributed by atoms with E-state index in [4.69, 9.17) is 0 Å². The van der Waals surface area contributed by atoms with E-state index in [0.29, 0.717) is 5.88 Å². The van der Waals surface area contributed by atoms with Crippen LogP contribution in [0.4, 0.5) is 0 Å². The Morgan fingerprint density at radius 3 is 2.83 bits per heavy atom. The molecule has 0 bridgehead atoms. The number of amides is 1. The van der Waals surface area contributed by atoms with Gasteiger partial charge in [0.1, 0.15) is 0 Å². The Morgan fingerprint density at radius 2 is 2.33 bits per heavy atom. The summed E-state index contributed by atoms with van der Waals surface area (Å²) in [5.41, 5.74) is 0. The molecule has 0 aromatic heterocycles. The minimum Gasteiger partial charge on any atom is -0.343 e. The number of thiol groups is 1. The molecule has 0 aromatic rings. The highest BCUT2D eigenvalue weighted by Gasteiger charge is 1.91. The van der Waals surface area contributed by atoms with Gasteiger partial charge in [0.15, 0.2) is 0 Å². The fourth-order valence-corrected chi connectivity index (χ4v) is 0.933. The number of nitrogens with one attached hydrogen (secondary N) is 1. The van der Waals surface area contributed by atoms with Crippen molar-refractivity contribution in [1.29, 1.82) is 0 Å². The van der Waals surface area contributed by atoms with Crippen molar-refractivity contribution in [1.82, 2.24) is 10.2 Å². The Hall–Kier alpha value is -0.130. The molecule has 5 heteroatoms. The fraction of sp³-hybridized carbons (Fsp3) is 0.571. The van der Waals surface area contributed by atoms with Crippen molar-refractivity contribution >= 4 is 28.4 Å². The first-order valence-electron chi connectivity index (χ1n) is 3.52. The molecule has 0 aromatic carbocycles. The van der Waals surface area contributed by atoms with Crippen LogP contribution in [-0.2, 0) is 4.79 Å². The average molecular weight is 206 g/mol. The second kappa shape index (κ2) is 7.52. The molecule has 0 saturated heterocycles. The summed E-state index contributed by atoms with van der Waals surface area (Å²) in [5, 5.41) is 2.65. The summed E-state index contributed by atoms with van der Waals surface area (Å²) in [6, 6.07) is 0. The lowest BCUT2D eigenvalue weighted by Crippen LogP contribution is -2.20.